The normalized spacial score (nSPS) is 11.0. The summed E-state index contributed by atoms with van der Waals surface area (Å²) >= 11 is 0. The molecule has 0 saturated heterocycles. The van der Waals surface area contributed by atoms with Crippen molar-refractivity contribution < 1.29 is 4.79 Å². The van der Waals surface area contributed by atoms with Gasteiger partial charge in [-0.3, -0.25) is 4.79 Å². The zero-order valence-electron chi connectivity index (χ0n) is 9.37. The molecule has 0 amide bonds. The summed E-state index contributed by atoms with van der Waals surface area (Å²) in [6.07, 6.45) is 0. The number of Topliss-reactive ketones (excluding diaryl/α,β-unsaturated/α-hetero) is 1. The molecule has 1 aromatic rings. The van der Waals surface area contributed by atoms with Gasteiger partial charge in [0.15, 0.2) is 5.78 Å². The molecule has 0 aliphatic rings. The lowest BCUT2D eigenvalue weighted by atomic mass is 9.96. The molecule has 0 aliphatic carbocycles. The summed E-state index contributed by atoms with van der Waals surface area (Å²) in [5.41, 5.74) is 2.07. The minimum absolute atomic E-state index is 0.0809. The minimum Gasteiger partial charge on any atom is -0.294 e. The van der Waals surface area contributed by atoms with E-state index in [2.05, 4.69) is 19.9 Å². The SMILES string of the molecule is CC(C)C(=O)c1cccc(C(C)C)c1. The third-order valence-corrected chi connectivity index (χ3v) is 2.36. The summed E-state index contributed by atoms with van der Waals surface area (Å²) < 4.78 is 0. The highest BCUT2D eigenvalue weighted by Gasteiger charge is 2.10. The molecule has 1 rings (SSSR count). The van der Waals surface area contributed by atoms with Gasteiger partial charge in [0, 0.05) is 11.5 Å². The van der Waals surface area contributed by atoms with Gasteiger partial charge < -0.3 is 0 Å². The number of carbonyl (C=O) groups is 1. The van der Waals surface area contributed by atoms with Crippen LogP contribution in [-0.4, -0.2) is 5.78 Å². The van der Waals surface area contributed by atoms with E-state index < -0.39 is 0 Å². The van der Waals surface area contributed by atoms with Crippen LogP contribution in [0, 0.1) is 5.92 Å². The molecule has 0 radical (unpaired) electrons. The van der Waals surface area contributed by atoms with Crippen LogP contribution in [-0.2, 0) is 0 Å². The van der Waals surface area contributed by atoms with Crippen LogP contribution < -0.4 is 0 Å². The highest BCUT2D eigenvalue weighted by Crippen LogP contribution is 2.17. The Labute approximate surface area is 86.1 Å². The maximum absolute atomic E-state index is 11.7. The van der Waals surface area contributed by atoms with Crippen LogP contribution in [0.2, 0.25) is 0 Å². The monoisotopic (exact) mass is 190 g/mol. The Morgan fingerprint density at radius 2 is 1.79 bits per heavy atom. The maximum atomic E-state index is 11.7. The van der Waals surface area contributed by atoms with E-state index in [1.54, 1.807) is 0 Å². The van der Waals surface area contributed by atoms with Gasteiger partial charge in [0.2, 0.25) is 0 Å². The van der Waals surface area contributed by atoms with Gasteiger partial charge in [0.25, 0.3) is 0 Å². The van der Waals surface area contributed by atoms with Crippen LogP contribution in [0.1, 0.15) is 49.5 Å². The Kier molecular flexibility index (Phi) is 3.45. The number of ketones is 1. The first-order valence-corrected chi connectivity index (χ1v) is 5.16. The molecule has 0 N–H and O–H groups in total. The standard InChI is InChI=1S/C13H18O/c1-9(2)11-6-5-7-12(8-11)13(14)10(3)4/h5-10H,1-4H3. The van der Waals surface area contributed by atoms with Gasteiger partial charge in [-0.2, -0.15) is 0 Å². The second-order valence-electron chi connectivity index (χ2n) is 4.30. The summed E-state index contributed by atoms with van der Waals surface area (Å²) in [5.74, 6) is 0.792. The zero-order valence-corrected chi connectivity index (χ0v) is 9.37. The van der Waals surface area contributed by atoms with Crippen LogP contribution in [0.25, 0.3) is 0 Å². The molecule has 0 fully saturated rings. The summed E-state index contributed by atoms with van der Waals surface area (Å²) in [6.45, 7) is 8.15. The van der Waals surface area contributed by atoms with E-state index in [9.17, 15) is 4.79 Å². The Hall–Kier alpha value is -1.11. The number of hydrogen-bond donors (Lipinski definition) is 0. The van der Waals surface area contributed by atoms with Gasteiger partial charge in [-0.1, -0.05) is 45.9 Å². The van der Waals surface area contributed by atoms with E-state index in [-0.39, 0.29) is 11.7 Å². The Morgan fingerprint density at radius 3 is 2.29 bits per heavy atom. The van der Waals surface area contributed by atoms with Crippen molar-refractivity contribution in [2.75, 3.05) is 0 Å². The second kappa shape index (κ2) is 4.41. The van der Waals surface area contributed by atoms with Gasteiger partial charge in [-0.15, -0.1) is 0 Å². The number of benzene rings is 1. The van der Waals surface area contributed by atoms with Crippen molar-refractivity contribution in [1.82, 2.24) is 0 Å². The first kappa shape index (κ1) is 11.0. The predicted octanol–water partition coefficient (Wildman–Crippen LogP) is 3.65. The van der Waals surface area contributed by atoms with Crippen LogP contribution in [0.5, 0.6) is 0 Å². The van der Waals surface area contributed by atoms with E-state index in [1.165, 1.54) is 5.56 Å². The van der Waals surface area contributed by atoms with Gasteiger partial charge in [0.1, 0.15) is 0 Å². The third kappa shape index (κ3) is 2.44. The van der Waals surface area contributed by atoms with Gasteiger partial charge in [0.05, 0.1) is 0 Å². The molecular formula is C13H18O. The second-order valence-corrected chi connectivity index (χ2v) is 4.30. The summed E-state index contributed by atoms with van der Waals surface area (Å²) in [4.78, 5) is 11.7. The third-order valence-electron chi connectivity index (χ3n) is 2.36. The summed E-state index contributed by atoms with van der Waals surface area (Å²) in [6, 6.07) is 7.94. The summed E-state index contributed by atoms with van der Waals surface area (Å²) in [7, 11) is 0. The molecule has 76 valence electrons. The minimum atomic E-state index is 0.0809. The van der Waals surface area contributed by atoms with E-state index in [4.69, 9.17) is 0 Å². The largest absolute Gasteiger partial charge is 0.294 e. The average molecular weight is 190 g/mol. The lowest BCUT2D eigenvalue weighted by Crippen LogP contribution is -2.07. The average Bonchev–Trinajstić information content (AvgIpc) is 2.16. The van der Waals surface area contributed by atoms with Crippen molar-refractivity contribution in [2.24, 2.45) is 5.92 Å². The summed E-state index contributed by atoms with van der Waals surface area (Å²) in [5, 5.41) is 0. The van der Waals surface area contributed by atoms with E-state index in [0.29, 0.717) is 5.92 Å². The molecule has 0 aromatic heterocycles. The highest BCUT2D eigenvalue weighted by molar-refractivity contribution is 5.97. The molecule has 1 nitrogen and oxygen atoms in total. The lowest BCUT2D eigenvalue weighted by molar-refractivity contribution is 0.0939. The molecule has 0 atom stereocenters. The van der Waals surface area contributed by atoms with Crippen molar-refractivity contribution in [3.63, 3.8) is 0 Å². The highest BCUT2D eigenvalue weighted by atomic mass is 16.1. The maximum Gasteiger partial charge on any atom is 0.165 e. The molecule has 0 bridgehead atoms. The van der Waals surface area contributed by atoms with Crippen molar-refractivity contribution in [2.45, 2.75) is 33.6 Å². The molecule has 0 aliphatic heterocycles. The predicted molar refractivity (Wildman–Crippen MR) is 59.7 cm³/mol. The van der Waals surface area contributed by atoms with Crippen LogP contribution in [0.15, 0.2) is 24.3 Å². The van der Waals surface area contributed by atoms with Crippen LogP contribution in [0.3, 0.4) is 0 Å². The fraction of sp³-hybridized carbons (Fsp3) is 0.462. The van der Waals surface area contributed by atoms with Crippen molar-refractivity contribution in [3.05, 3.63) is 35.4 Å². The molecule has 0 unspecified atom stereocenters. The molecule has 0 saturated carbocycles. The molecule has 0 spiro atoms. The van der Waals surface area contributed by atoms with Crippen molar-refractivity contribution in [3.8, 4) is 0 Å². The molecule has 1 heteroatoms. The van der Waals surface area contributed by atoms with E-state index in [1.807, 2.05) is 32.0 Å². The number of hydrogen-bond acceptors (Lipinski definition) is 1. The first-order valence-electron chi connectivity index (χ1n) is 5.16. The molecule has 1 aromatic carbocycles. The number of carbonyl (C=O) groups excluding carboxylic acids is 1. The quantitative estimate of drug-likeness (QED) is 0.665. The van der Waals surface area contributed by atoms with Gasteiger partial charge >= 0.3 is 0 Å². The Bertz CT molecular complexity index is 324. The lowest BCUT2D eigenvalue weighted by Gasteiger charge is -2.08. The fourth-order valence-corrected chi connectivity index (χ4v) is 1.38. The molecule has 14 heavy (non-hydrogen) atoms. The topological polar surface area (TPSA) is 17.1 Å². The van der Waals surface area contributed by atoms with E-state index >= 15 is 0 Å². The Balaban J connectivity index is 3.00. The van der Waals surface area contributed by atoms with Crippen molar-refractivity contribution in [1.29, 1.82) is 0 Å². The molecular weight excluding hydrogens is 172 g/mol. The van der Waals surface area contributed by atoms with Gasteiger partial charge in [-0.25, -0.2) is 0 Å². The molecule has 0 heterocycles. The zero-order chi connectivity index (χ0) is 10.7. The van der Waals surface area contributed by atoms with Crippen LogP contribution >= 0.6 is 0 Å². The van der Waals surface area contributed by atoms with E-state index in [0.717, 1.165) is 5.56 Å². The smallest absolute Gasteiger partial charge is 0.165 e. The Morgan fingerprint density at radius 1 is 1.14 bits per heavy atom. The van der Waals surface area contributed by atoms with Crippen LogP contribution in [0.4, 0.5) is 0 Å². The fourth-order valence-electron chi connectivity index (χ4n) is 1.38. The van der Waals surface area contributed by atoms with Gasteiger partial charge in [-0.05, 0) is 17.5 Å². The first-order chi connectivity index (χ1) is 6.52. The number of rotatable bonds is 3. The van der Waals surface area contributed by atoms with Crippen molar-refractivity contribution >= 4 is 5.78 Å².